The lowest BCUT2D eigenvalue weighted by atomic mass is 9.77. The number of carbonyl (C=O) groups is 3. The summed E-state index contributed by atoms with van der Waals surface area (Å²) in [6.45, 7) is 0.164. The van der Waals surface area contributed by atoms with Gasteiger partial charge >= 0.3 is 5.97 Å². The van der Waals surface area contributed by atoms with Crippen molar-refractivity contribution in [1.29, 1.82) is 0 Å². The molecule has 0 bridgehead atoms. The predicted molar refractivity (Wildman–Crippen MR) is 126 cm³/mol. The topological polar surface area (TPSA) is 94.2 Å². The minimum absolute atomic E-state index is 0.164. The van der Waals surface area contributed by atoms with Gasteiger partial charge in [0.05, 0.1) is 14.2 Å². The zero-order chi connectivity index (χ0) is 23.9. The molecule has 3 fully saturated rings. The molecule has 0 aromatic heterocycles. The zero-order valence-electron chi connectivity index (χ0n) is 19.0. The van der Waals surface area contributed by atoms with Crippen LogP contribution in [-0.4, -0.2) is 59.1 Å². The third-order valence-electron chi connectivity index (χ3n) is 6.80. The van der Waals surface area contributed by atoms with Gasteiger partial charge in [0.15, 0.2) is 0 Å². The Hall–Kier alpha value is -3.20. The van der Waals surface area contributed by atoms with E-state index in [4.69, 9.17) is 14.2 Å². The van der Waals surface area contributed by atoms with Crippen LogP contribution in [0.3, 0.4) is 0 Å². The molecule has 0 radical (unpaired) electrons. The Morgan fingerprint density at radius 2 is 1.74 bits per heavy atom. The highest BCUT2D eigenvalue weighted by molar-refractivity contribution is 8.01. The molecule has 9 heteroatoms. The number of hydrogen-bond donors (Lipinski definition) is 1. The number of thioether (sulfide) groups is 1. The van der Waals surface area contributed by atoms with Crippen molar-refractivity contribution in [3.63, 3.8) is 0 Å². The van der Waals surface area contributed by atoms with E-state index in [-0.39, 0.29) is 34.2 Å². The van der Waals surface area contributed by atoms with E-state index in [0.29, 0.717) is 11.5 Å². The number of fused-ring (bicyclic) bond motifs is 1. The maximum atomic E-state index is 13.2. The minimum Gasteiger partial charge on any atom is -0.496 e. The molecule has 2 aromatic rings. The molecule has 2 amide bonds. The molecule has 2 aliphatic heterocycles. The van der Waals surface area contributed by atoms with Gasteiger partial charge in [0.25, 0.3) is 5.91 Å². The van der Waals surface area contributed by atoms with Crippen LogP contribution < -0.4 is 14.8 Å². The number of ether oxygens (including phenoxy) is 3. The number of rotatable bonds is 7. The smallest absolute Gasteiger partial charge is 0.330 e. The van der Waals surface area contributed by atoms with E-state index >= 15 is 0 Å². The normalized spacial score (nSPS) is 24.0. The maximum Gasteiger partial charge on any atom is 0.330 e. The molecule has 2 saturated heterocycles. The van der Waals surface area contributed by atoms with Crippen molar-refractivity contribution in [3.05, 3.63) is 59.7 Å². The van der Waals surface area contributed by atoms with Crippen LogP contribution in [0, 0.1) is 0 Å². The summed E-state index contributed by atoms with van der Waals surface area (Å²) in [6, 6.07) is 13.2. The van der Waals surface area contributed by atoms with Gasteiger partial charge in [0, 0.05) is 4.75 Å². The summed E-state index contributed by atoms with van der Waals surface area (Å²) >= 11 is 1.60. The summed E-state index contributed by atoms with van der Waals surface area (Å²) in [5.74, 6) is -0.395. The first-order valence-electron chi connectivity index (χ1n) is 11.2. The number of amides is 2. The quantitative estimate of drug-likeness (QED) is 0.479. The molecular formula is C25H26N2O6S. The lowest BCUT2D eigenvalue weighted by molar-refractivity contribution is -0.165. The van der Waals surface area contributed by atoms with Crippen molar-refractivity contribution >= 4 is 29.5 Å². The summed E-state index contributed by atoms with van der Waals surface area (Å²) in [6.07, 6.45) is 2.67. The van der Waals surface area contributed by atoms with Crippen LogP contribution in [0.25, 0.3) is 0 Å². The van der Waals surface area contributed by atoms with Crippen LogP contribution in [-0.2, 0) is 20.9 Å². The second-order valence-electron chi connectivity index (χ2n) is 8.66. The largest absolute Gasteiger partial charge is 0.496 e. The van der Waals surface area contributed by atoms with Crippen LogP contribution in [0.4, 0.5) is 0 Å². The molecule has 3 atom stereocenters. The van der Waals surface area contributed by atoms with Gasteiger partial charge < -0.3 is 24.4 Å². The van der Waals surface area contributed by atoms with E-state index in [1.807, 2.05) is 30.3 Å². The number of esters is 1. The molecule has 2 heterocycles. The number of methoxy groups -OCH3 is 2. The highest BCUT2D eigenvalue weighted by atomic mass is 32.2. The minimum atomic E-state index is -0.725. The molecule has 34 heavy (non-hydrogen) atoms. The van der Waals surface area contributed by atoms with Gasteiger partial charge in [-0.3, -0.25) is 9.59 Å². The average Bonchev–Trinajstić information content (AvgIpc) is 3.18. The lowest BCUT2D eigenvalue weighted by Gasteiger charge is -2.45. The molecule has 178 valence electrons. The fourth-order valence-corrected chi connectivity index (χ4v) is 6.92. The number of nitrogens with zero attached hydrogens (tertiary/aromatic N) is 1. The summed E-state index contributed by atoms with van der Waals surface area (Å²) < 4.78 is 15.9. The first kappa shape index (κ1) is 22.6. The maximum absolute atomic E-state index is 13.2. The van der Waals surface area contributed by atoms with Gasteiger partial charge in [0.1, 0.15) is 41.1 Å². The first-order chi connectivity index (χ1) is 16.5. The van der Waals surface area contributed by atoms with E-state index in [0.717, 1.165) is 24.8 Å². The Bertz CT molecular complexity index is 1100. The van der Waals surface area contributed by atoms with Gasteiger partial charge in [-0.15, -0.1) is 11.8 Å². The van der Waals surface area contributed by atoms with Crippen LogP contribution in [0.2, 0.25) is 0 Å². The highest BCUT2D eigenvalue weighted by Crippen LogP contribution is 2.60. The predicted octanol–water partition coefficient (Wildman–Crippen LogP) is 2.75. The summed E-state index contributed by atoms with van der Waals surface area (Å²) in [5.41, 5.74) is 1.13. The van der Waals surface area contributed by atoms with E-state index in [9.17, 15) is 14.4 Å². The van der Waals surface area contributed by atoms with E-state index in [1.54, 1.807) is 34.9 Å². The third-order valence-corrected chi connectivity index (χ3v) is 8.64. The molecule has 8 nitrogen and oxygen atoms in total. The first-order valence-corrected chi connectivity index (χ1v) is 12.1. The second kappa shape index (κ2) is 8.87. The average molecular weight is 483 g/mol. The van der Waals surface area contributed by atoms with Crippen molar-refractivity contribution in [3.8, 4) is 11.5 Å². The zero-order valence-corrected chi connectivity index (χ0v) is 19.8. The van der Waals surface area contributed by atoms with Crippen LogP contribution in [0.5, 0.6) is 11.5 Å². The van der Waals surface area contributed by atoms with Gasteiger partial charge in [0.2, 0.25) is 5.91 Å². The Morgan fingerprint density at radius 3 is 2.32 bits per heavy atom. The molecule has 5 rings (SSSR count). The summed E-state index contributed by atoms with van der Waals surface area (Å²) in [4.78, 5) is 41.0. The van der Waals surface area contributed by atoms with Crippen molar-refractivity contribution in [2.45, 2.75) is 48.1 Å². The van der Waals surface area contributed by atoms with E-state index in [2.05, 4.69) is 5.32 Å². The Balaban J connectivity index is 1.32. The molecule has 1 N–H and O–H groups in total. The van der Waals surface area contributed by atoms with Crippen LogP contribution in [0.1, 0.15) is 35.2 Å². The Kier molecular flexibility index (Phi) is 5.89. The second-order valence-corrected chi connectivity index (χ2v) is 10.2. The van der Waals surface area contributed by atoms with Crippen molar-refractivity contribution in [2.24, 2.45) is 0 Å². The number of β-lactam (4-membered cyclic amide) rings is 1. The van der Waals surface area contributed by atoms with Crippen molar-refractivity contribution < 1.29 is 28.6 Å². The van der Waals surface area contributed by atoms with Gasteiger partial charge in [-0.25, -0.2) is 4.79 Å². The summed E-state index contributed by atoms with van der Waals surface area (Å²) in [5, 5.41) is 2.53. The van der Waals surface area contributed by atoms with Crippen LogP contribution in [0.15, 0.2) is 48.5 Å². The highest BCUT2D eigenvalue weighted by Gasteiger charge is 2.68. The Morgan fingerprint density at radius 1 is 1.06 bits per heavy atom. The molecule has 2 unspecified atom stereocenters. The van der Waals surface area contributed by atoms with Crippen LogP contribution >= 0.6 is 11.8 Å². The molecule has 3 aliphatic rings. The van der Waals surface area contributed by atoms with Gasteiger partial charge in [-0.05, 0) is 30.5 Å². The SMILES string of the molecule is COc1cccc(OC)c1C(=O)NC1C(=O)N2C(C(=O)OCc3ccccc3)C3(CCC3)S[C@@H]12. The van der Waals surface area contributed by atoms with Gasteiger partial charge in [-0.1, -0.05) is 42.8 Å². The van der Waals surface area contributed by atoms with E-state index in [1.165, 1.54) is 14.2 Å². The number of hydrogen-bond acceptors (Lipinski definition) is 7. The standard InChI is InChI=1S/C25H26N2O6S/c1-31-16-10-6-11-17(32-2)18(16)21(28)26-19-22(29)27-20(25(12-7-13-25)34-23(19)27)24(30)33-14-15-8-4-3-5-9-15/h3-6,8-11,19-20,23H,7,12-14H2,1-2H3,(H,26,28)/t19?,20?,23-/m0/s1. The fourth-order valence-electron chi connectivity index (χ4n) is 4.92. The van der Waals surface area contributed by atoms with Crippen molar-refractivity contribution in [1.82, 2.24) is 10.2 Å². The number of carbonyl (C=O) groups excluding carboxylic acids is 3. The third kappa shape index (κ3) is 3.58. The molecule has 2 aromatic carbocycles. The number of nitrogens with one attached hydrogen (secondary N) is 1. The lowest BCUT2D eigenvalue weighted by Crippen LogP contribution is -2.71. The van der Waals surface area contributed by atoms with E-state index < -0.39 is 18.0 Å². The Labute approximate surface area is 201 Å². The van der Waals surface area contributed by atoms with Crippen molar-refractivity contribution in [2.75, 3.05) is 14.2 Å². The monoisotopic (exact) mass is 482 g/mol. The molecule has 1 spiro atoms. The fraction of sp³-hybridized carbons (Fsp3) is 0.400. The molecular weight excluding hydrogens is 456 g/mol. The van der Waals surface area contributed by atoms with Gasteiger partial charge in [-0.2, -0.15) is 0 Å². The summed E-state index contributed by atoms with van der Waals surface area (Å²) in [7, 11) is 2.95. The molecule has 1 aliphatic carbocycles. The number of benzene rings is 2. The molecule has 1 saturated carbocycles.